The maximum Gasteiger partial charge on any atom is 0.272 e. The molecule has 6 nitrogen and oxygen atoms in total. The number of amides is 1. The lowest BCUT2D eigenvalue weighted by Crippen LogP contribution is -2.44. The van der Waals surface area contributed by atoms with Gasteiger partial charge < -0.3 is 20.0 Å². The summed E-state index contributed by atoms with van der Waals surface area (Å²) in [5.41, 5.74) is 3.62. The predicted octanol–water partition coefficient (Wildman–Crippen LogP) is 3.06. The normalized spacial score (nSPS) is 14.9. The summed E-state index contributed by atoms with van der Waals surface area (Å²) in [6, 6.07) is 12.2. The lowest BCUT2D eigenvalue weighted by Gasteiger charge is -2.34. The zero-order valence-corrected chi connectivity index (χ0v) is 16.5. The lowest BCUT2D eigenvalue weighted by molar-refractivity contribution is 0.0767. The second kappa shape index (κ2) is 8.86. The Morgan fingerprint density at radius 1 is 1.00 bits per heavy atom. The number of benzene rings is 1. The predicted molar refractivity (Wildman–Crippen MR) is 111 cm³/mol. The van der Waals surface area contributed by atoms with Crippen molar-refractivity contribution >= 4 is 23.0 Å². The van der Waals surface area contributed by atoms with Gasteiger partial charge in [0.15, 0.2) is 0 Å². The van der Waals surface area contributed by atoms with Crippen molar-refractivity contribution in [3.63, 3.8) is 0 Å². The van der Waals surface area contributed by atoms with E-state index in [1.165, 1.54) is 5.69 Å². The number of piperazine rings is 1. The molecule has 1 saturated heterocycles. The molecule has 0 saturated carbocycles. The highest BCUT2D eigenvalue weighted by Crippen LogP contribution is 2.22. The van der Waals surface area contributed by atoms with Crippen LogP contribution in [0.15, 0.2) is 42.6 Å². The monoisotopic (exact) mass is 367 g/mol. The largest absolute Gasteiger partial charge is 0.369 e. The van der Waals surface area contributed by atoms with E-state index in [0.717, 1.165) is 37.6 Å². The molecule has 1 amide bonds. The number of carbonyl (C=O) groups is 1. The van der Waals surface area contributed by atoms with Gasteiger partial charge in [0.05, 0.1) is 11.9 Å². The van der Waals surface area contributed by atoms with Crippen LogP contribution >= 0.6 is 0 Å². The van der Waals surface area contributed by atoms with Crippen LogP contribution in [0.1, 0.15) is 24.3 Å². The fourth-order valence-electron chi connectivity index (χ4n) is 3.25. The number of rotatable bonds is 6. The molecule has 1 N–H and O–H groups in total. The van der Waals surface area contributed by atoms with Gasteiger partial charge in [-0.05, 0) is 57.3 Å². The molecule has 1 fully saturated rings. The average Bonchev–Trinajstić information content (AvgIpc) is 2.71. The Bertz CT molecular complexity index is 732. The number of anilines is 3. The van der Waals surface area contributed by atoms with Gasteiger partial charge in [-0.25, -0.2) is 4.98 Å². The van der Waals surface area contributed by atoms with Crippen molar-refractivity contribution in [2.24, 2.45) is 0 Å². The van der Waals surface area contributed by atoms with Gasteiger partial charge in [-0.1, -0.05) is 0 Å². The van der Waals surface area contributed by atoms with E-state index in [1.807, 2.05) is 19.9 Å². The lowest BCUT2D eigenvalue weighted by atomic mass is 10.2. The van der Waals surface area contributed by atoms with E-state index >= 15 is 0 Å². The fraction of sp³-hybridized carbons (Fsp3) is 0.429. The van der Waals surface area contributed by atoms with E-state index in [1.54, 1.807) is 17.2 Å². The SMILES string of the molecule is CCN(CC)C(=O)c1ccc(Nc2ccc(N3CCN(C)CC3)cc2)cn1. The van der Waals surface area contributed by atoms with Gasteiger partial charge in [-0.15, -0.1) is 0 Å². The Balaban J connectivity index is 1.61. The minimum atomic E-state index is -0.0249. The first-order valence-electron chi connectivity index (χ1n) is 9.66. The van der Waals surface area contributed by atoms with Gasteiger partial charge >= 0.3 is 0 Å². The van der Waals surface area contributed by atoms with Crippen molar-refractivity contribution in [1.29, 1.82) is 0 Å². The van der Waals surface area contributed by atoms with Crippen molar-refractivity contribution in [1.82, 2.24) is 14.8 Å². The molecule has 1 aliphatic rings. The first-order chi connectivity index (χ1) is 13.1. The number of hydrogen-bond donors (Lipinski definition) is 1. The van der Waals surface area contributed by atoms with Crippen LogP contribution < -0.4 is 10.2 Å². The maximum atomic E-state index is 12.3. The van der Waals surface area contributed by atoms with Crippen LogP contribution in [-0.4, -0.2) is 67.0 Å². The molecule has 3 rings (SSSR count). The van der Waals surface area contributed by atoms with E-state index in [9.17, 15) is 4.79 Å². The molecule has 2 heterocycles. The summed E-state index contributed by atoms with van der Waals surface area (Å²) in [4.78, 5) is 23.2. The molecule has 0 unspecified atom stereocenters. The van der Waals surface area contributed by atoms with Gasteiger partial charge in [-0.3, -0.25) is 4.79 Å². The Labute approximate surface area is 161 Å². The third-order valence-corrected chi connectivity index (χ3v) is 5.06. The molecule has 2 aromatic rings. The standard InChI is InChI=1S/C21H29N5O/c1-4-25(5-2)21(27)20-11-8-18(16-22-20)23-17-6-9-19(10-7-17)26-14-12-24(3)13-15-26/h6-11,16,23H,4-5,12-15H2,1-3H3. The zero-order valence-electron chi connectivity index (χ0n) is 16.5. The summed E-state index contributed by atoms with van der Waals surface area (Å²) in [6.45, 7) is 9.67. The molecule has 0 atom stereocenters. The number of nitrogens with zero attached hydrogens (tertiary/aromatic N) is 4. The fourth-order valence-corrected chi connectivity index (χ4v) is 3.25. The molecular formula is C21H29N5O. The van der Waals surface area contributed by atoms with E-state index < -0.39 is 0 Å². The molecule has 1 aromatic heterocycles. The summed E-state index contributed by atoms with van der Waals surface area (Å²) in [7, 11) is 2.17. The Morgan fingerprint density at radius 2 is 1.63 bits per heavy atom. The minimum absolute atomic E-state index is 0.0249. The van der Waals surface area contributed by atoms with E-state index in [-0.39, 0.29) is 5.91 Å². The molecule has 0 radical (unpaired) electrons. The number of carbonyl (C=O) groups excluding carboxylic acids is 1. The van der Waals surface area contributed by atoms with Crippen LogP contribution in [0.25, 0.3) is 0 Å². The molecular weight excluding hydrogens is 338 g/mol. The molecule has 1 aliphatic heterocycles. The summed E-state index contributed by atoms with van der Waals surface area (Å²) in [5, 5.41) is 3.35. The summed E-state index contributed by atoms with van der Waals surface area (Å²) < 4.78 is 0. The van der Waals surface area contributed by atoms with Gasteiger partial charge in [0.2, 0.25) is 0 Å². The van der Waals surface area contributed by atoms with Gasteiger partial charge in [0, 0.05) is 50.6 Å². The molecule has 0 spiro atoms. The molecule has 0 aliphatic carbocycles. The Kier molecular flexibility index (Phi) is 6.29. The zero-order chi connectivity index (χ0) is 19.2. The highest BCUT2D eigenvalue weighted by Gasteiger charge is 2.15. The minimum Gasteiger partial charge on any atom is -0.369 e. The van der Waals surface area contributed by atoms with E-state index in [2.05, 4.69) is 51.4 Å². The van der Waals surface area contributed by atoms with Crippen LogP contribution in [0.3, 0.4) is 0 Å². The van der Waals surface area contributed by atoms with Crippen molar-refractivity contribution in [2.45, 2.75) is 13.8 Å². The van der Waals surface area contributed by atoms with Crippen LogP contribution in [0.2, 0.25) is 0 Å². The highest BCUT2D eigenvalue weighted by molar-refractivity contribution is 5.92. The van der Waals surface area contributed by atoms with Crippen LogP contribution in [0, 0.1) is 0 Å². The highest BCUT2D eigenvalue weighted by atomic mass is 16.2. The second-order valence-corrected chi connectivity index (χ2v) is 6.87. The molecule has 0 bridgehead atoms. The van der Waals surface area contributed by atoms with Crippen LogP contribution in [-0.2, 0) is 0 Å². The van der Waals surface area contributed by atoms with E-state index in [0.29, 0.717) is 18.8 Å². The molecule has 144 valence electrons. The number of likely N-dealkylation sites (N-methyl/N-ethyl adjacent to an activating group) is 1. The number of aromatic nitrogens is 1. The van der Waals surface area contributed by atoms with Gasteiger partial charge in [0.1, 0.15) is 5.69 Å². The van der Waals surface area contributed by atoms with Crippen molar-refractivity contribution in [3.05, 3.63) is 48.3 Å². The summed E-state index contributed by atoms with van der Waals surface area (Å²) in [6.07, 6.45) is 1.71. The first kappa shape index (κ1) is 19.2. The topological polar surface area (TPSA) is 51.7 Å². The van der Waals surface area contributed by atoms with Crippen molar-refractivity contribution < 1.29 is 4.79 Å². The van der Waals surface area contributed by atoms with Crippen molar-refractivity contribution in [3.8, 4) is 0 Å². The molecule has 1 aromatic carbocycles. The Hall–Kier alpha value is -2.60. The average molecular weight is 367 g/mol. The maximum absolute atomic E-state index is 12.3. The smallest absolute Gasteiger partial charge is 0.272 e. The summed E-state index contributed by atoms with van der Waals surface area (Å²) in [5.74, 6) is -0.0249. The third-order valence-electron chi connectivity index (χ3n) is 5.06. The quantitative estimate of drug-likeness (QED) is 0.850. The number of hydrogen-bond acceptors (Lipinski definition) is 5. The van der Waals surface area contributed by atoms with E-state index in [4.69, 9.17) is 0 Å². The number of nitrogens with one attached hydrogen (secondary N) is 1. The van der Waals surface area contributed by atoms with Gasteiger partial charge in [0.25, 0.3) is 5.91 Å². The first-order valence-corrected chi connectivity index (χ1v) is 9.66. The second-order valence-electron chi connectivity index (χ2n) is 6.87. The third kappa shape index (κ3) is 4.77. The summed E-state index contributed by atoms with van der Waals surface area (Å²) >= 11 is 0. The molecule has 27 heavy (non-hydrogen) atoms. The van der Waals surface area contributed by atoms with Crippen LogP contribution in [0.5, 0.6) is 0 Å². The number of pyridine rings is 1. The van der Waals surface area contributed by atoms with Crippen molar-refractivity contribution in [2.75, 3.05) is 56.5 Å². The molecule has 6 heteroatoms. The van der Waals surface area contributed by atoms with Crippen LogP contribution in [0.4, 0.5) is 17.1 Å². The van der Waals surface area contributed by atoms with Gasteiger partial charge in [-0.2, -0.15) is 0 Å². The Morgan fingerprint density at radius 3 is 2.19 bits per heavy atom.